The molecule has 2 rings (SSSR count). The fourth-order valence-electron chi connectivity index (χ4n) is 1.62. The lowest BCUT2D eigenvalue weighted by atomic mass is 10.2. The van der Waals surface area contributed by atoms with Crippen LogP contribution in [0.2, 0.25) is 10.2 Å². The van der Waals surface area contributed by atoms with Crippen molar-refractivity contribution in [2.45, 2.75) is 6.54 Å². The zero-order chi connectivity index (χ0) is 13.8. The molecule has 0 saturated heterocycles. The number of hydrogen-bond acceptors (Lipinski definition) is 4. The van der Waals surface area contributed by atoms with Gasteiger partial charge in [0.2, 0.25) is 0 Å². The number of nitrogens with one attached hydrogen (secondary N) is 1. The van der Waals surface area contributed by atoms with Crippen LogP contribution in [0.25, 0.3) is 0 Å². The third kappa shape index (κ3) is 3.28. The minimum absolute atomic E-state index is 0.357. The van der Waals surface area contributed by atoms with Crippen molar-refractivity contribution in [3.05, 3.63) is 40.3 Å². The van der Waals surface area contributed by atoms with E-state index in [0.717, 1.165) is 11.4 Å². The number of ether oxygens (including phenoxy) is 2. The SMILES string of the molecule is COc1cc(Cl)c(NCc2ccc(Cl)o2)cc1OC. The molecule has 1 heterocycles. The van der Waals surface area contributed by atoms with Crippen LogP contribution in [0.3, 0.4) is 0 Å². The molecule has 0 aliphatic carbocycles. The van der Waals surface area contributed by atoms with Crippen molar-refractivity contribution < 1.29 is 13.9 Å². The minimum Gasteiger partial charge on any atom is -0.493 e. The van der Waals surface area contributed by atoms with E-state index in [9.17, 15) is 0 Å². The van der Waals surface area contributed by atoms with E-state index in [-0.39, 0.29) is 0 Å². The molecule has 0 radical (unpaired) electrons. The number of anilines is 1. The molecule has 0 atom stereocenters. The van der Waals surface area contributed by atoms with E-state index in [2.05, 4.69) is 5.32 Å². The molecule has 0 aliphatic heterocycles. The molecule has 0 aliphatic rings. The van der Waals surface area contributed by atoms with E-state index in [1.54, 1.807) is 38.5 Å². The zero-order valence-corrected chi connectivity index (χ0v) is 12.0. The molecule has 0 spiro atoms. The molecule has 0 amide bonds. The summed E-state index contributed by atoms with van der Waals surface area (Å²) in [7, 11) is 3.13. The minimum atomic E-state index is 0.357. The predicted octanol–water partition coefficient (Wildman–Crippen LogP) is 4.22. The van der Waals surface area contributed by atoms with Crippen LogP contribution in [0.5, 0.6) is 11.5 Å². The summed E-state index contributed by atoms with van der Waals surface area (Å²) in [5.74, 6) is 1.90. The molecule has 0 saturated carbocycles. The van der Waals surface area contributed by atoms with E-state index in [1.807, 2.05) is 0 Å². The number of methoxy groups -OCH3 is 2. The molecular formula is C13H13Cl2NO3. The van der Waals surface area contributed by atoms with Crippen molar-refractivity contribution in [2.24, 2.45) is 0 Å². The molecular weight excluding hydrogens is 289 g/mol. The van der Waals surface area contributed by atoms with Crippen LogP contribution in [0.15, 0.2) is 28.7 Å². The summed E-state index contributed by atoms with van der Waals surface area (Å²) >= 11 is 11.9. The van der Waals surface area contributed by atoms with Gasteiger partial charge in [0.25, 0.3) is 0 Å². The summed E-state index contributed by atoms with van der Waals surface area (Å²) in [4.78, 5) is 0. The van der Waals surface area contributed by atoms with Crippen LogP contribution in [0.4, 0.5) is 5.69 Å². The van der Waals surface area contributed by atoms with Crippen molar-refractivity contribution >= 4 is 28.9 Å². The van der Waals surface area contributed by atoms with Gasteiger partial charge in [-0.15, -0.1) is 0 Å². The second-order valence-corrected chi connectivity index (χ2v) is 4.53. The van der Waals surface area contributed by atoms with Crippen LogP contribution >= 0.6 is 23.2 Å². The highest BCUT2D eigenvalue weighted by Crippen LogP contribution is 2.36. The van der Waals surface area contributed by atoms with Gasteiger partial charge in [0, 0.05) is 12.1 Å². The van der Waals surface area contributed by atoms with E-state index in [0.29, 0.717) is 28.3 Å². The van der Waals surface area contributed by atoms with Gasteiger partial charge in [-0.25, -0.2) is 0 Å². The zero-order valence-electron chi connectivity index (χ0n) is 10.5. The lowest BCUT2D eigenvalue weighted by Crippen LogP contribution is -2.00. The Kier molecular flexibility index (Phi) is 4.45. The maximum Gasteiger partial charge on any atom is 0.193 e. The molecule has 4 nitrogen and oxygen atoms in total. The Hall–Kier alpha value is -1.52. The van der Waals surface area contributed by atoms with E-state index < -0.39 is 0 Å². The van der Waals surface area contributed by atoms with Gasteiger partial charge in [-0.05, 0) is 23.7 Å². The predicted molar refractivity (Wildman–Crippen MR) is 75.6 cm³/mol. The maximum absolute atomic E-state index is 6.15. The van der Waals surface area contributed by atoms with Crippen LogP contribution in [0.1, 0.15) is 5.76 Å². The molecule has 1 N–H and O–H groups in total. The smallest absolute Gasteiger partial charge is 0.193 e. The average molecular weight is 302 g/mol. The van der Waals surface area contributed by atoms with Gasteiger partial charge in [0.1, 0.15) is 5.76 Å². The number of halogens is 2. The molecule has 6 heteroatoms. The highest BCUT2D eigenvalue weighted by atomic mass is 35.5. The van der Waals surface area contributed by atoms with Crippen molar-refractivity contribution in [3.63, 3.8) is 0 Å². The molecule has 0 unspecified atom stereocenters. The quantitative estimate of drug-likeness (QED) is 0.898. The summed E-state index contributed by atoms with van der Waals surface area (Å²) in [6, 6.07) is 6.95. The third-order valence-corrected chi connectivity index (χ3v) is 3.07. The molecule has 1 aromatic heterocycles. The summed E-state index contributed by atoms with van der Waals surface area (Å²) in [5, 5.41) is 4.04. The Labute approximate surface area is 121 Å². The third-order valence-electron chi connectivity index (χ3n) is 2.56. The largest absolute Gasteiger partial charge is 0.493 e. The maximum atomic E-state index is 6.15. The first kappa shape index (κ1) is 13.9. The molecule has 19 heavy (non-hydrogen) atoms. The average Bonchev–Trinajstić information content (AvgIpc) is 2.82. The van der Waals surface area contributed by atoms with Crippen molar-refractivity contribution in [2.75, 3.05) is 19.5 Å². The number of benzene rings is 1. The summed E-state index contributed by atoms with van der Waals surface area (Å²) < 4.78 is 15.6. The first-order valence-electron chi connectivity index (χ1n) is 5.53. The van der Waals surface area contributed by atoms with Gasteiger partial charge in [0.15, 0.2) is 16.7 Å². The second kappa shape index (κ2) is 6.08. The molecule has 2 aromatic rings. The Morgan fingerprint density at radius 2 is 1.79 bits per heavy atom. The van der Waals surface area contributed by atoms with Crippen LogP contribution in [-0.4, -0.2) is 14.2 Å². The standard InChI is InChI=1S/C13H13Cl2NO3/c1-17-11-5-9(14)10(6-12(11)18-2)16-7-8-3-4-13(15)19-8/h3-6,16H,7H2,1-2H3. The Morgan fingerprint density at radius 3 is 2.37 bits per heavy atom. The first-order valence-corrected chi connectivity index (χ1v) is 6.29. The molecule has 1 aromatic carbocycles. The highest BCUT2D eigenvalue weighted by Gasteiger charge is 2.10. The van der Waals surface area contributed by atoms with Crippen LogP contribution < -0.4 is 14.8 Å². The van der Waals surface area contributed by atoms with Gasteiger partial charge in [-0.3, -0.25) is 0 Å². The molecule has 102 valence electrons. The fourth-order valence-corrected chi connectivity index (χ4v) is 2.00. The lowest BCUT2D eigenvalue weighted by Gasteiger charge is -2.12. The number of hydrogen-bond donors (Lipinski definition) is 1. The van der Waals surface area contributed by atoms with Crippen molar-refractivity contribution in [1.82, 2.24) is 0 Å². The molecule has 0 fully saturated rings. The number of rotatable bonds is 5. The molecule has 0 bridgehead atoms. The summed E-state index contributed by atoms with van der Waals surface area (Å²) in [6.45, 7) is 0.474. The van der Waals surface area contributed by atoms with Crippen molar-refractivity contribution in [1.29, 1.82) is 0 Å². The van der Waals surface area contributed by atoms with Crippen LogP contribution in [0, 0.1) is 0 Å². The Morgan fingerprint density at radius 1 is 1.11 bits per heavy atom. The fraction of sp³-hybridized carbons (Fsp3) is 0.231. The Balaban J connectivity index is 2.15. The first-order chi connectivity index (χ1) is 9.13. The van der Waals surface area contributed by atoms with Gasteiger partial charge in [0.05, 0.1) is 31.5 Å². The van der Waals surface area contributed by atoms with Gasteiger partial charge in [-0.1, -0.05) is 11.6 Å². The second-order valence-electron chi connectivity index (χ2n) is 3.75. The Bertz CT molecular complexity index is 569. The highest BCUT2D eigenvalue weighted by molar-refractivity contribution is 6.33. The van der Waals surface area contributed by atoms with Gasteiger partial charge >= 0.3 is 0 Å². The summed E-state index contributed by atoms with van der Waals surface area (Å²) in [6.07, 6.45) is 0. The monoisotopic (exact) mass is 301 g/mol. The van der Waals surface area contributed by atoms with Gasteiger partial charge < -0.3 is 19.2 Å². The number of furan rings is 1. The summed E-state index contributed by atoms with van der Waals surface area (Å²) in [5.41, 5.74) is 0.729. The van der Waals surface area contributed by atoms with E-state index in [4.69, 9.17) is 37.1 Å². The lowest BCUT2D eigenvalue weighted by molar-refractivity contribution is 0.355. The van der Waals surface area contributed by atoms with Crippen molar-refractivity contribution in [3.8, 4) is 11.5 Å². The van der Waals surface area contributed by atoms with E-state index >= 15 is 0 Å². The van der Waals surface area contributed by atoms with Gasteiger partial charge in [-0.2, -0.15) is 0 Å². The normalized spacial score (nSPS) is 10.3. The van der Waals surface area contributed by atoms with E-state index in [1.165, 1.54) is 0 Å². The van der Waals surface area contributed by atoms with Crippen LogP contribution in [-0.2, 0) is 6.54 Å². The topological polar surface area (TPSA) is 43.6 Å².